The average molecular weight is 211 g/mol. The predicted octanol–water partition coefficient (Wildman–Crippen LogP) is 0.993. The van der Waals surface area contributed by atoms with Crippen LogP contribution in [0.5, 0.6) is 0 Å². The van der Waals surface area contributed by atoms with Crippen molar-refractivity contribution in [3.8, 4) is 0 Å². The van der Waals surface area contributed by atoms with Crippen LogP contribution in [-0.4, -0.2) is 33.6 Å². The molecule has 0 unspecified atom stereocenters. The number of aryl methyl sites for hydroxylation is 1. The lowest BCUT2D eigenvalue weighted by Gasteiger charge is -1.99. The topological polar surface area (TPSA) is 47.8 Å². The fourth-order valence-corrected chi connectivity index (χ4v) is 0.744. The molecule has 0 saturated heterocycles. The van der Waals surface area contributed by atoms with E-state index in [-0.39, 0.29) is 6.54 Å². The first-order valence-corrected chi connectivity index (χ1v) is 3.53. The summed E-state index contributed by atoms with van der Waals surface area (Å²) in [6.45, 7) is -1.01. The molecule has 14 heavy (non-hydrogen) atoms. The molecule has 1 aromatic rings. The molecular formula is C6H5F4N3O. The maximum Gasteiger partial charge on any atom is 0.456 e. The second kappa shape index (κ2) is 3.72. The van der Waals surface area contributed by atoms with E-state index < -0.39 is 24.3 Å². The van der Waals surface area contributed by atoms with E-state index in [9.17, 15) is 22.4 Å². The Bertz CT molecular complexity index is 332. The lowest BCUT2D eigenvalue weighted by molar-refractivity contribution is -0.0888. The Kier molecular flexibility index (Phi) is 2.82. The minimum absolute atomic E-state index is 0.224. The van der Waals surface area contributed by atoms with Gasteiger partial charge in [-0.15, -0.1) is 5.10 Å². The summed E-state index contributed by atoms with van der Waals surface area (Å²) in [4.78, 5) is 10.5. The van der Waals surface area contributed by atoms with Crippen molar-refractivity contribution in [3.63, 3.8) is 0 Å². The minimum atomic E-state index is -4.98. The van der Waals surface area contributed by atoms with E-state index in [1.54, 1.807) is 0 Å². The van der Waals surface area contributed by atoms with Gasteiger partial charge in [0.05, 0.1) is 12.7 Å². The van der Waals surface area contributed by atoms with Gasteiger partial charge < -0.3 is 0 Å². The number of ketones is 1. The van der Waals surface area contributed by atoms with E-state index in [2.05, 4.69) is 10.3 Å². The fraction of sp³-hybridized carbons (Fsp3) is 0.500. The SMILES string of the molecule is O=C(c1cn(CCF)nn1)C(F)(F)F. The molecule has 0 aliphatic heterocycles. The maximum absolute atomic E-state index is 11.8. The molecule has 0 aliphatic carbocycles. The molecule has 78 valence electrons. The normalized spacial score (nSPS) is 11.7. The molecule has 0 aliphatic rings. The molecule has 0 saturated carbocycles. The molecule has 0 amide bonds. The Morgan fingerprint density at radius 1 is 1.50 bits per heavy atom. The van der Waals surface area contributed by atoms with Crippen molar-refractivity contribution in [1.29, 1.82) is 0 Å². The van der Waals surface area contributed by atoms with Crippen molar-refractivity contribution in [2.24, 2.45) is 0 Å². The molecule has 0 atom stereocenters. The lowest BCUT2D eigenvalue weighted by atomic mass is 10.3. The van der Waals surface area contributed by atoms with Crippen LogP contribution in [0.1, 0.15) is 10.5 Å². The molecule has 1 aromatic heterocycles. The van der Waals surface area contributed by atoms with Gasteiger partial charge in [-0.05, 0) is 0 Å². The predicted molar refractivity (Wildman–Crippen MR) is 36.4 cm³/mol. The highest BCUT2D eigenvalue weighted by molar-refractivity contribution is 5.98. The van der Waals surface area contributed by atoms with Gasteiger partial charge in [-0.2, -0.15) is 13.2 Å². The second-order valence-electron chi connectivity index (χ2n) is 2.38. The molecule has 1 rings (SSSR count). The number of Topliss-reactive ketones (excluding diaryl/α,β-unsaturated/α-hetero) is 1. The number of carbonyl (C=O) groups is 1. The Morgan fingerprint density at radius 2 is 2.14 bits per heavy atom. The summed E-state index contributed by atoms with van der Waals surface area (Å²) >= 11 is 0. The molecule has 1 heterocycles. The molecular weight excluding hydrogens is 206 g/mol. The maximum atomic E-state index is 11.8. The van der Waals surface area contributed by atoms with Crippen molar-refractivity contribution in [3.05, 3.63) is 11.9 Å². The monoisotopic (exact) mass is 211 g/mol. The van der Waals surface area contributed by atoms with Crippen LogP contribution in [0.25, 0.3) is 0 Å². The standard InChI is InChI=1S/C6H5F4N3O/c7-1-2-13-3-4(11-12-13)5(14)6(8,9)10/h3H,1-2H2. The van der Waals surface area contributed by atoms with Gasteiger partial charge in [-0.3, -0.25) is 4.79 Å². The van der Waals surface area contributed by atoms with E-state index in [0.717, 1.165) is 10.9 Å². The second-order valence-corrected chi connectivity index (χ2v) is 2.38. The average Bonchev–Trinajstić information content (AvgIpc) is 2.50. The highest BCUT2D eigenvalue weighted by Gasteiger charge is 2.41. The van der Waals surface area contributed by atoms with Crippen LogP contribution >= 0.6 is 0 Å². The summed E-state index contributed by atoms with van der Waals surface area (Å²) in [5.74, 6) is -2.08. The molecule has 4 nitrogen and oxygen atoms in total. The molecule has 0 N–H and O–H groups in total. The number of carbonyl (C=O) groups excluding carboxylic acids is 1. The first-order valence-electron chi connectivity index (χ1n) is 3.53. The van der Waals surface area contributed by atoms with Gasteiger partial charge in [0.1, 0.15) is 6.67 Å². The number of hydrogen-bond donors (Lipinski definition) is 0. The lowest BCUT2D eigenvalue weighted by Crippen LogP contribution is -2.23. The van der Waals surface area contributed by atoms with E-state index in [1.807, 2.05) is 0 Å². The van der Waals surface area contributed by atoms with Crippen LogP contribution < -0.4 is 0 Å². The van der Waals surface area contributed by atoms with Gasteiger partial charge in [0.2, 0.25) is 0 Å². The number of rotatable bonds is 3. The van der Waals surface area contributed by atoms with Crippen LogP contribution in [0.4, 0.5) is 17.6 Å². The highest BCUT2D eigenvalue weighted by atomic mass is 19.4. The molecule has 0 aromatic carbocycles. The summed E-state index contributed by atoms with van der Waals surface area (Å²) in [6.07, 6.45) is -4.22. The highest BCUT2D eigenvalue weighted by Crippen LogP contribution is 2.19. The number of aromatic nitrogens is 3. The van der Waals surface area contributed by atoms with Crippen molar-refractivity contribution in [1.82, 2.24) is 15.0 Å². The number of halogens is 4. The molecule has 0 fully saturated rings. The summed E-state index contributed by atoms with van der Waals surface area (Å²) in [7, 11) is 0. The summed E-state index contributed by atoms with van der Waals surface area (Å²) in [5.41, 5.74) is -0.828. The third-order valence-corrected chi connectivity index (χ3v) is 1.34. The fourth-order valence-electron chi connectivity index (χ4n) is 0.744. The quantitative estimate of drug-likeness (QED) is 0.553. The number of nitrogens with zero attached hydrogens (tertiary/aromatic N) is 3. The Labute approximate surface area is 75.5 Å². The zero-order valence-electron chi connectivity index (χ0n) is 6.75. The van der Waals surface area contributed by atoms with Crippen molar-refractivity contribution >= 4 is 5.78 Å². The third kappa shape index (κ3) is 2.27. The minimum Gasteiger partial charge on any atom is -0.282 e. The summed E-state index contributed by atoms with van der Waals surface area (Å²) < 4.78 is 48.0. The molecule has 8 heteroatoms. The molecule has 0 radical (unpaired) electrons. The van der Waals surface area contributed by atoms with Gasteiger partial charge in [-0.1, -0.05) is 5.21 Å². The van der Waals surface area contributed by atoms with Crippen LogP contribution in [0.2, 0.25) is 0 Å². The van der Waals surface area contributed by atoms with E-state index in [4.69, 9.17) is 0 Å². The number of hydrogen-bond acceptors (Lipinski definition) is 3. The van der Waals surface area contributed by atoms with Crippen molar-refractivity contribution in [2.75, 3.05) is 6.67 Å². The Morgan fingerprint density at radius 3 is 2.64 bits per heavy atom. The van der Waals surface area contributed by atoms with Crippen LogP contribution in [0.15, 0.2) is 6.20 Å². The van der Waals surface area contributed by atoms with Crippen LogP contribution in [0, 0.1) is 0 Å². The van der Waals surface area contributed by atoms with E-state index in [0.29, 0.717) is 0 Å². The van der Waals surface area contributed by atoms with E-state index in [1.165, 1.54) is 0 Å². The van der Waals surface area contributed by atoms with Crippen LogP contribution in [0.3, 0.4) is 0 Å². The number of alkyl halides is 4. The van der Waals surface area contributed by atoms with Gasteiger partial charge in [0.25, 0.3) is 5.78 Å². The Balaban J connectivity index is 2.82. The molecule has 0 spiro atoms. The zero-order chi connectivity index (χ0) is 10.8. The Hall–Kier alpha value is -1.47. The van der Waals surface area contributed by atoms with Gasteiger partial charge in [0.15, 0.2) is 5.69 Å². The van der Waals surface area contributed by atoms with Crippen molar-refractivity contribution < 1.29 is 22.4 Å². The smallest absolute Gasteiger partial charge is 0.282 e. The van der Waals surface area contributed by atoms with Gasteiger partial charge in [-0.25, -0.2) is 9.07 Å². The summed E-state index contributed by atoms with van der Waals surface area (Å²) in [5, 5.41) is 6.12. The van der Waals surface area contributed by atoms with Gasteiger partial charge in [0, 0.05) is 0 Å². The first kappa shape index (κ1) is 10.6. The van der Waals surface area contributed by atoms with Gasteiger partial charge >= 0.3 is 6.18 Å². The summed E-state index contributed by atoms with van der Waals surface area (Å²) in [6, 6.07) is 0. The third-order valence-electron chi connectivity index (χ3n) is 1.34. The first-order chi connectivity index (χ1) is 6.45. The van der Waals surface area contributed by atoms with Crippen LogP contribution in [-0.2, 0) is 6.54 Å². The van der Waals surface area contributed by atoms with E-state index >= 15 is 0 Å². The molecule has 0 bridgehead atoms. The zero-order valence-corrected chi connectivity index (χ0v) is 6.75. The largest absolute Gasteiger partial charge is 0.456 e. The van der Waals surface area contributed by atoms with Crippen molar-refractivity contribution in [2.45, 2.75) is 12.7 Å².